The van der Waals surface area contributed by atoms with Gasteiger partial charge in [0.1, 0.15) is 17.8 Å². The van der Waals surface area contributed by atoms with Gasteiger partial charge in [0, 0.05) is 18.3 Å². The molecule has 0 spiro atoms. The van der Waals surface area contributed by atoms with E-state index in [-0.39, 0.29) is 5.91 Å². The summed E-state index contributed by atoms with van der Waals surface area (Å²) in [6.07, 6.45) is 1.45. The quantitative estimate of drug-likeness (QED) is 0.736. The SMILES string of the molecule is COc1ccc(C(=O)N(C)c2ccc(C)cc2)cc1-n1cnnn1. The Morgan fingerprint density at radius 3 is 2.54 bits per heavy atom. The highest BCUT2D eigenvalue weighted by Crippen LogP contribution is 2.24. The van der Waals surface area contributed by atoms with Crippen LogP contribution < -0.4 is 9.64 Å². The zero-order valence-electron chi connectivity index (χ0n) is 13.7. The molecule has 0 aliphatic heterocycles. The molecule has 2 aromatic carbocycles. The van der Waals surface area contributed by atoms with Gasteiger partial charge >= 0.3 is 0 Å². The van der Waals surface area contributed by atoms with Gasteiger partial charge in [-0.25, -0.2) is 0 Å². The van der Waals surface area contributed by atoms with Gasteiger partial charge in [-0.05, 0) is 47.7 Å². The van der Waals surface area contributed by atoms with Crippen molar-refractivity contribution in [3.05, 3.63) is 59.9 Å². The van der Waals surface area contributed by atoms with E-state index >= 15 is 0 Å². The van der Waals surface area contributed by atoms with Crippen LogP contribution in [0.2, 0.25) is 0 Å². The molecule has 0 aliphatic carbocycles. The lowest BCUT2D eigenvalue weighted by Gasteiger charge is -2.18. The Hall–Kier alpha value is -3.22. The Morgan fingerprint density at radius 2 is 1.92 bits per heavy atom. The Balaban J connectivity index is 1.95. The third-order valence-corrected chi connectivity index (χ3v) is 3.75. The number of hydrogen-bond donors (Lipinski definition) is 0. The Labute approximate surface area is 139 Å². The average molecular weight is 323 g/mol. The minimum absolute atomic E-state index is 0.129. The van der Waals surface area contributed by atoms with Gasteiger partial charge in [0.25, 0.3) is 5.91 Å². The molecule has 1 heterocycles. The van der Waals surface area contributed by atoms with Crippen LogP contribution in [0.4, 0.5) is 5.69 Å². The predicted octanol–water partition coefficient (Wildman–Crippen LogP) is 2.26. The molecule has 1 aromatic heterocycles. The number of aromatic nitrogens is 4. The van der Waals surface area contributed by atoms with Crippen LogP contribution in [0.25, 0.3) is 5.69 Å². The van der Waals surface area contributed by atoms with Gasteiger partial charge in [-0.3, -0.25) is 4.79 Å². The fraction of sp³-hybridized carbons (Fsp3) is 0.176. The maximum Gasteiger partial charge on any atom is 0.258 e. The van der Waals surface area contributed by atoms with Crippen molar-refractivity contribution in [2.45, 2.75) is 6.92 Å². The summed E-state index contributed by atoms with van der Waals surface area (Å²) >= 11 is 0. The lowest BCUT2D eigenvalue weighted by atomic mass is 10.1. The highest BCUT2D eigenvalue weighted by Gasteiger charge is 2.17. The molecular formula is C17H17N5O2. The monoisotopic (exact) mass is 323 g/mol. The number of ether oxygens (including phenoxy) is 1. The minimum Gasteiger partial charge on any atom is -0.494 e. The molecule has 7 nitrogen and oxygen atoms in total. The van der Waals surface area contributed by atoms with Gasteiger partial charge in [-0.1, -0.05) is 17.7 Å². The summed E-state index contributed by atoms with van der Waals surface area (Å²) in [6, 6.07) is 12.9. The number of rotatable bonds is 4. The average Bonchev–Trinajstić information content (AvgIpc) is 3.15. The fourth-order valence-corrected chi connectivity index (χ4v) is 2.35. The molecular weight excluding hydrogens is 306 g/mol. The van der Waals surface area contributed by atoms with Crippen LogP contribution in [0, 0.1) is 6.92 Å². The molecule has 7 heteroatoms. The first-order valence-electron chi connectivity index (χ1n) is 7.36. The normalized spacial score (nSPS) is 10.5. The fourth-order valence-electron chi connectivity index (χ4n) is 2.35. The van der Waals surface area contributed by atoms with Gasteiger partial charge < -0.3 is 9.64 Å². The molecule has 0 aliphatic rings. The summed E-state index contributed by atoms with van der Waals surface area (Å²) in [6.45, 7) is 2.01. The number of tetrazole rings is 1. The van der Waals surface area contributed by atoms with Crippen LogP contribution in [0.1, 0.15) is 15.9 Å². The molecule has 0 unspecified atom stereocenters. The standard InChI is InChI=1S/C17H17N5O2/c1-12-4-7-14(8-5-12)21(2)17(23)13-6-9-16(24-3)15(10-13)22-11-18-19-20-22/h4-11H,1-3H3. The minimum atomic E-state index is -0.129. The van der Waals surface area contributed by atoms with Crippen molar-refractivity contribution in [2.75, 3.05) is 19.1 Å². The van der Waals surface area contributed by atoms with Crippen molar-refractivity contribution in [1.29, 1.82) is 0 Å². The van der Waals surface area contributed by atoms with Gasteiger partial charge in [0.05, 0.1) is 7.11 Å². The predicted molar refractivity (Wildman–Crippen MR) is 89.6 cm³/mol. The van der Waals surface area contributed by atoms with Crippen molar-refractivity contribution < 1.29 is 9.53 Å². The highest BCUT2D eigenvalue weighted by atomic mass is 16.5. The second-order valence-electron chi connectivity index (χ2n) is 5.34. The van der Waals surface area contributed by atoms with E-state index in [1.807, 2.05) is 31.2 Å². The number of carbonyl (C=O) groups excluding carboxylic acids is 1. The third kappa shape index (κ3) is 2.96. The van der Waals surface area contributed by atoms with Crippen LogP contribution in [0.3, 0.4) is 0 Å². The number of hydrogen-bond acceptors (Lipinski definition) is 5. The van der Waals surface area contributed by atoms with Crippen LogP contribution in [-0.2, 0) is 0 Å². The lowest BCUT2D eigenvalue weighted by molar-refractivity contribution is 0.0993. The van der Waals surface area contributed by atoms with Gasteiger partial charge in [0.15, 0.2) is 0 Å². The Kier molecular flexibility index (Phi) is 4.24. The first-order valence-corrected chi connectivity index (χ1v) is 7.36. The molecule has 0 radical (unpaired) electrons. The van der Waals surface area contributed by atoms with E-state index in [2.05, 4.69) is 15.5 Å². The van der Waals surface area contributed by atoms with Gasteiger partial charge in [-0.15, -0.1) is 5.10 Å². The number of aryl methyl sites for hydroxylation is 1. The molecule has 0 bridgehead atoms. The second kappa shape index (κ2) is 6.49. The van der Waals surface area contributed by atoms with Crippen molar-refractivity contribution in [3.8, 4) is 11.4 Å². The molecule has 1 amide bonds. The van der Waals surface area contributed by atoms with E-state index in [9.17, 15) is 4.79 Å². The summed E-state index contributed by atoms with van der Waals surface area (Å²) < 4.78 is 6.78. The Morgan fingerprint density at radius 1 is 1.17 bits per heavy atom. The number of amides is 1. The number of carbonyl (C=O) groups is 1. The molecule has 0 N–H and O–H groups in total. The molecule has 3 aromatic rings. The maximum atomic E-state index is 12.8. The number of methoxy groups -OCH3 is 1. The summed E-state index contributed by atoms with van der Waals surface area (Å²) in [7, 11) is 3.30. The van der Waals surface area contributed by atoms with E-state index in [1.165, 1.54) is 11.0 Å². The molecule has 0 fully saturated rings. The molecule has 3 rings (SSSR count). The first-order chi connectivity index (χ1) is 11.6. The topological polar surface area (TPSA) is 73.1 Å². The van der Waals surface area contributed by atoms with Crippen LogP contribution in [-0.4, -0.2) is 40.3 Å². The molecule has 24 heavy (non-hydrogen) atoms. The molecule has 0 atom stereocenters. The largest absolute Gasteiger partial charge is 0.494 e. The zero-order valence-corrected chi connectivity index (χ0v) is 13.7. The summed E-state index contributed by atoms with van der Waals surface area (Å²) in [5, 5.41) is 11.1. The van der Waals surface area contributed by atoms with E-state index in [0.717, 1.165) is 11.3 Å². The summed E-state index contributed by atoms with van der Waals surface area (Å²) in [4.78, 5) is 14.4. The van der Waals surface area contributed by atoms with Crippen LogP contribution >= 0.6 is 0 Å². The van der Waals surface area contributed by atoms with Gasteiger partial charge in [-0.2, -0.15) is 4.68 Å². The van der Waals surface area contributed by atoms with Crippen LogP contribution in [0.15, 0.2) is 48.8 Å². The molecule has 122 valence electrons. The highest BCUT2D eigenvalue weighted by molar-refractivity contribution is 6.06. The Bertz CT molecular complexity index is 844. The van der Waals surface area contributed by atoms with E-state index in [1.54, 1.807) is 37.3 Å². The van der Waals surface area contributed by atoms with E-state index in [0.29, 0.717) is 17.0 Å². The van der Waals surface area contributed by atoms with Crippen molar-refractivity contribution in [2.24, 2.45) is 0 Å². The second-order valence-corrected chi connectivity index (χ2v) is 5.34. The molecule has 0 saturated heterocycles. The van der Waals surface area contributed by atoms with Crippen molar-refractivity contribution in [3.63, 3.8) is 0 Å². The number of nitrogens with zero attached hydrogens (tertiary/aromatic N) is 5. The lowest BCUT2D eigenvalue weighted by Crippen LogP contribution is -2.26. The van der Waals surface area contributed by atoms with E-state index in [4.69, 9.17) is 4.74 Å². The molecule has 0 saturated carbocycles. The maximum absolute atomic E-state index is 12.8. The summed E-state index contributed by atoms with van der Waals surface area (Å²) in [5.74, 6) is 0.452. The van der Waals surface area contributed by atoms with Crippen molar-refractivity contribution >= 4 is 11.6 Å². The van der Waals surface area contributed by atoms with E-state index < -0.39 is 0 Å². The third-order valence-electron chi connectivity index (χ3n) is 3.75. The number of anilines is 1. The number of benzene rings is 2. The van der Waals surface area contributed by atoms with Crippen molar-refractivity contribution in [1.82, 2.24) is 20.2 Å². The summed E-state index contributed by atoms with van der Waals surface area (Å²) in [5.41, 5.74) is 3.09. The zero-order chi connectivity index (χ0) is 17.1. The van der Waals surface area contributed by atoms with Gasteiger partial charge in [0.2, 0.25) is 0 Å². The van der Waals surface area contributed by atoms with Crippen LogP contribution in [0.5, 0.6) is 5.75 Å². The first kappa shape index (κ1) is 15.7. The smallest absolute Gasteiger partial charge is 0.258 e.